The van der Waals surface area contributed by atoms with E-state index >= 15 is 0 Å². The first-order chi connectivity index (χ1) is 12.9. The lowest BCUT2D eigenvalue weighted by Crippen LogP contribution is -1.86. The molecular formula is C24H50N2O. The number of carbonyl (C=O) groups is 1. The zero-order valence-electron chi connectivity index (χ0n) is 19.9. The Morgan fingerprint density at radius 2 is 1.22 bits per heavy atom. The van der Waals surface area contributed by atoms with Crippen LogP contribution in [0.25, 0.3) is 0 Å². The van der Waals surface area contributed by atoms with E-state index in [1.54, 1.807) is 6.92 Å². The van der Waals surface area contributed by atoms with E-state index < -0.39 is 0 Å². The number of nitrogens with two attached hydrogens (primary N) is 2. The van der Waals surface area contributed by atoms with Crippen molar-refractivity contribution in [2.45, 2.75) is 101 Å². The van der Waals surface area contributed by atoms with Gasteiger partial charge in [0.05, 0.1) is 0 Å². The topological polar surface area (TPSA) is 69.1 Å². The van der Waals surface area contributed by atoms with Crippen molar-refractivity contribution in [1.29, 1.82) is 0 Å². The molecule has 3 heteroatoms. The van der Waals surface area contributed by atoms with Crippen molar-refractivity contribution >= 4 is 6.41 Å². The minimum absolute atomic E-state index is 0.250. The molecule has 0 aliphatic rings. The van der Waals surface area contributed by atoms with Crippen LogP contribution in [-0.4, -0.2) is 6.41 Å². The van der Waals surface area contributed by atoms with E-state index in [2.05, 4.69) is 64.3 Å². The number of primary amides is 1. The van der Waals surface area contributed by atoms with E-state index in [1.807, 2.05) is 27.7 Å². The van der Waals surface area contributed by atoms with E-state index in [0.717, 1.165) is 6.42 Å². The molecule has 162 valence electrons. The van der Waals surface area contributed by atoms with E-state index in [-0.39, 0.29) is 6.41 Å². The number of benzene rings is 1. The molecule has 0 saturated carbocycles. The summed E-state index contributed by atoms with van der Waals surface area (Å²) < 4.78 is 0. The molecule has 0 unspecified atom stereocenters. The Labute approximate surface area is 171 Å². The molecule has 1 aromatic rings. The molecule has 0 atom stereocenters. The Morgan fingerprint density at radius 3 is 1.48 bits per heavy atom. The van der Waals surface area contributed by atoms with Crippen LogP contribution in [0.5, 0.6) is 0 Å². The summed E-state index contributed by atoms with van der Waals surface area (Å²) in [7, 11) is 0. The monoisotopic (exact) mass is 382 g/mol. The van der Waals surface area contributed by atoms with Crippen LogP contribution in [0, 0.1) is 0 Å². The van der Waals surface area contributed by atoms with Gasteiger partial charge in [0.2, 0.25) is 6.41 Å². The highest BCUT2D eigenvalue weighted by molar-refractivity contribution is 5.42. The summed E-state index contributed by atoms with van der Waals surface area (Å²) in [6, 6.07) is 9.05. The molecule has 0 radical (unpaired) electrons. The molecular weight excluding hydrogens is 332 g/mol. The normalized spacial score (nSPS) is 7.44. The highest BCUT2D eigenvalue weighted by Gasteiger charge is 1.93. The zero-order chi connectivity index (χ0) is 22.5. The Kier molecular flexibility index (Phi) is 52.7. The van der Waals surface area contributed by atoms with Gasteiger partial charge in [-0.2, -0.15) is 0 Å². The van der Waals surface area contributed by atoms with Gasteiger partial charge in [-0.1, -0.05) is 105 Å². The lowest BCUT2D eigenvalue weighted by Gasteiger charge is -2.01. The van der Waals surface area contributed by atoms with Gasteiger partial charge < -0.3 is 11.5 Å². The van der Waals surface area contributed by atoms with Gasteiger partial charge in [-0.15, -0.1) is 0 Å². The summed E-state index contributed by atoms with van der Waals surface area (Å²) >= 11 is 0. The van der Waals surface area contributed by atoms with Crippen LogP contribution in [0.2, 0.25) is 0 Å². The van der Waals surface area contributed by atoms with Crippen LogP contribution in [0.15, 0.2) is 36.5 Å². The number of allylic oxidation sites excluding steroid dienone is 1. The van der Waals surface area contributed by atoms with Crippen molar-refractivity contribution in [3.63, 3.8) is 0 Å². The molecule has 0 aromatic heterocycles. The fourth-order valence-electron chi connectivity index (χ4n) is 1.52. The molecule has 3 nitrogen and oxygen atoms in total. The highest BCUT2D eigenvalue weighted by Crippen LogP contribution is 2.08. The molecule has 0 heterocycles. The molecule has 1 aromatic carbocycles. The van der Waals surface area contributed by atoms with Gasteiger partial charge in [-0.3, -0.25) is 4.79 Å². The minimum atomic E-state index is 0.250. The summed E-state index contributed by atoms with van der Waals surface area (Å²) in [5.41, 5.74) is 12.7. The zero-order valence-corrected chi connectivity index (χ0v) is 19.9. The summed E-state index contributed by atoms with van der Waals surface area (Å²) in [6.07, 6.45) is 7.90. The van der Waals surface area contributed by atoms with E-state index in [1.165, 1.54) is 43.2 Å². The molecule has 0 aliphatic heterocycles. The van der Waals surface area contributed by atoms with Crippen molar-refractivity contribution in [3.8, 4) is 0 Å². The summed E-state index contributed by atoms with van der Waals surface area (Å²) in [4.78, 5) is 8.58. The number of hydrogen-bond acceptors (Lipinski definition) is 2. The van der Waals surface area contributed by atoms with Crippen LogP contribution in [-0.2, 0) is 17.6 Å². The maximum absolute atomic E-state index is 8.58. The van der Waals surface area contributed by atoms with Gasteiger partial charge in [0.25, 0.3) is 0 Å². The smallest absolute Gasteiger partial charge is 0.204 e. The quantitative estimate of drug-likeness (QED) is 0.424. The standard InChI is InChI=1S/C13H20.C3H7N.C3H8.2C2H6.CH3NO/c1-3-5-6-7-13-10-8-12(4-2)9-11-13;1-3(2)4;1-3-2;2*1-2;2-1-3/h8-11H,3-7H2,1-2H3;1,4H2,2H3;3H2,1-2H3;2*1-2H3;1H,(H2,2,3). The number of amides is 1. The van der Waals surface area contributed by atoms with Crippen LogP contribution < -0.4 is 11.5 Å². The van der Waals surface area contributed by atoms with Crippen molar-refractivity contribution in [2.24, 2.45) is 11.5 Å². The molecule has 4 N–H and O–H groups in total. The first-order valence-corrected chi connectivity index (χ1v) is 10.6. The Morgan fingerprint density at radius 1 is 0.926 bits per heavy atom. The third-order valence-electron chi connectivity index (χ3n) is 2.50. The summed E-state index contributed by atoms with van der Waals surface area (Å²) in [5.74, 6) is 0. The predicted octanol–water partition coefficient (Wildman–Crippen LogP) is 7.03. The van der Waals surface area contributed by atoms with Crippen molar-refractivity contribution < 1.29 is 4.79 Å². The maximum atomic E-state index is 8.58. The Balaban J connectivity index is -0.0000000957. The largest absolute Gasteiger partial charge is 0.403 e. The van der Waals surface area contributed by atoms with E-state index in [4.69, 9.17) is 10.5 Å². The molecule has 27 heavy (non-hydrogen) atoms. The molecule has 1 rings (SSSR count). The highest BCUT2D eigenvalue weighted by atomic mass is 16.1. The molecule has 0 fully saturated rings. The van der Waals surface area contributed by atoms with Crippen molar-refractivity contribution in [2.75, 3.05) is 0 Å². The van der Waals surface area contributed by atoms with E-state index in [9.17, 15) is 0 Å². The molecule has 0 aliphatic carbocycles. The predicted molar refractivity (Wildman–Crippen MR) is 127 cm³/mol. The second kappa shape index (κ2) is 39.3. The number of unbranched alkanes of at least 4 members (excludes halogenated alkanes) is 2. The second-order valence-electron chi connectivity index (χ2n) is 5.32. The van der Waals surface area contributed by atoms with Gasteiger partial charge in [0, 0.05) is 0 Å². The van der Waals surface area contributed by atoms with Gasteiger partial charge in [0.1, 0.15) is 0 Å². The Bertz CT molecular complexity index is 355. The van der Waals surface area contributed by atoms with Crippen LogP contribution in [0.1, 0.15) is 99.1 Å². The number of aryl methyl sites for hydroxylation is 2. The molecule has 1 amide bonds. The first kappa shape index (κ1) is 36.2. The third kappa shape index (κ3) is 51.6. The van der Waals surface area contributed by atoms with Crippen LogP contribution in [0.4, 0.5) is 0 Å². The number of hydrogen-bond donors (Lipinski definition) is 2. The lowest BCUT2D eigenvalue weighted by molar-refractivity contribution is -0.106. The average molecular weight is 383 g/mol. The van der Waals surface area contributed by atoms with Gasteiger partial charge in [-0.25, -0.2) is 0 Å². The number of carbonyl (C=O) groups excluding carboxylic acids is 1. The first-order valence-electron chi connectivity index (χ1n) is 10.6. The summed E-state index contributed by atoms with van der Waals surface area (Å²) in [6.45, 7) is 21.8. The Hall–Kier alpha value is -1.77. The second-order valence-corrected chi connectivity index (χ2v) is 5.32. The average Bonchev–Trinajstić information content (AvgIpc) is 2.67. The van der Waals surface area contributed by atoms with Crippen LogP contribution >= 0.6 is 0 Å². The fraction of sp³-hybridized carbons (Fsp3) is 0.625. The number of rotatable bonds is 5. The van der Waals surface area contributed by atoms with Gasteiger partial charge >= 0.3 is 0 Å². The van der Waals surface area contributed by atoms with Gasteiger partial charge in [0.15, 0.2) is 0 Å². The minimum Gasteiger partial charge on any atom is -0.403 e. The van der Waals surface area contributed by atoms with Gasteiger partial charge in [-0.05, 0) is 43.0 Å². The maximum Gasteiger partial charge on any atom is 0.204 e. The molecule has 0 spiro atoms. The molecule has 0 bridgehead atoms. The lowest BCUT2D eigenvalue weighted by atomic mass is 10.0. The molecule has 0 saturated heterocycles. The van der Waals surface area contributed by atoms with Crippen LogP contribution in [0.3, 0.4) is 0 Å². The van der Waals surface area contributed by atoms with Crippen molar-refractivity contribution in [1.82, 2.24) is 0 Å². The third-order valence-corrected chi connectivity index (χ3v) is 2.50. The fourth-order valence-corrected chi connectivity index (χ4v) is 1.52. The van der Waals surface area contributed by atoms with Crippen molar-refractivity contribution in [3.05, 3.63) is 47.7 Å². The SMILES string of the molecule is C=C(C)N.CC.CC.CCC.CCCCCc1ccc(CC)cc1.NC=O. The van der Waals surface area contributed by atoms with E-state index in [0.29, 0.717) is 5.70 Å². The summed E-state index contributed by atoms with van der Waals surface area (Å²) in [5, 5.41) is 0.